The number of halogens is 3. The van der Waals surface area contributed by atoms with E-state index in [-0.39, 0.29) is 18.2 Å². The normalized spacial score (nSPS) is 26.2. The Morgan fingerprint density at radius 3 is 2.52 bits per heavy atom. The van der Waals surface area contributed by atoms with Crippen molar-refractivity contribution in [2.75, 3.05) is 45.8 Å². The van der Waals surface area contributed by atoms with Gasteiger partial charge in [0.05, 0.1) is 4.47 Å². The lowest BCUT2D eigenvalue weighted by Crippen LogP contribution is -2.49. The van der Waals surface area contributed by atoms with E-state index < -0.39 is 0 Å². The molecule has 1 unspecified atom stereocenters. The molecule has 1 atom stereocenters. The van der Waals surface area contributed by atoms with E-state index in [9.17, 15) is 4.39 Å². The van der Waals surface area contributed by atoms with Crippen LogP contribution in [0.1, 0.15) is 18.9 Å². The second-order valence-corrected chi connectivity index (χ2v) is 7.89. The van der Waals surface area contributed by atoms with Crippen LogP contribution >= 0.6 is 28.3 Å². The first kappa shape index (κ1) is 19.1. The molecule has 23 heavy (non-hydrogen) atoms. The number of hydrogen-bond donors (Lipinski definition) is 1. The molecule has 0 spiro atoms. The number of nitrogens with one attached hydrogen (secondary N) is 1. The first-order chi connectivity index (χ1) is 10.5. The van der Waals surface area contributed by atoms with E-state index in [2.05, 4.69) is 38.0 Å². The molecule has 2 saturated heterocycles. The molecule has 1 aromatic rings. The van der Waals surface area contributed by atoms with Crippen LogP contribution < -0.4 is 5.32 Å². The van der Waals surface area contributed by atoms with Gasteiger partial charge in [-0.3, -0.25) is 4.90 Å². The average Bonchev–Trinajstić information content (AvgIpc) is 2.91. The Balaban J connectivity index is 0.00000192. The maximum Gasteiger partial charge on any atom is 0.137 e. The van der Waals surface area contributed by atoms with Crippen molar-refractivity contribution in [3.8, 4) is 0 Å². The van der Waals surface area contributed by atoms with Crippen LogP contribution in [0.15, 0.2) is 22.7 Å². The van der Waals surface area contributed by atoms with Gasteiger partial charge >= 0.3 is 0 Å². The van der Waals surface area contributed by atoms with Gasteiger partial charge in [-0.15, -0.1) is 12.4 Å². The third-order valence-corrected chi connectivity index (χ3v) is 5.56. The predicted molar refractivity (Wildman–Crippen MR) is 98.7 cm³/mol. The van der Waals surface area contributed by atoms with E-state index in [0.29, 0.717) is 9.89 Å². The number of piperazine rings is 1. The Hall–Kier alpha value is -0.200. The predicted octanol–water partition coefficient (Wildman–Crippen LogP) is 3.13. The fourth-order valence-corrected chi connectivity index (χ4v) is 3.79. The molecule has 6 heteroatoms. The van der Waals surface area contributed by atoms with Gasteiger partial charge in [0.15, 0.2) is 0 Å². The molecule has 130 valence electrons. The molecule has 1 aromatic carbocycles. The molecule has 0 bridgehead atoms. The van der Waals surface area contributed by atoms with Crippen LogP contribution in [0.4, 0.5) is 4.39 Å². The Morgan fingerprint density at radius 2 is 1.91 bits per heavy atom. The molecule has 2 heterocycles. The molecule has 0 amide bonds. The topological polar surface area (TPSA) is 18.5 Å². The van der Waals surface area contributed by atoms with Crippen LogP contribution in [-0.4, -0.2) is 55.6 Å². The summed E-state index contributed by atoms with van der Waals surface area (Å²) in [6.07, 6.45) is 1.28. The third kappa shape index (κ3) is 5.13. The van der Waals surface area contributed by atoms with Crippen LogP contribution in [-0.2, 0) is 6.54 Å². The van der Waals surface area contributed by atoms with Crippen LogP contribution in [0, 0.1) is 11.2 Å². The summed E-state index contributed by atoms with van der Waals surface area (Å²) in [7, 11) is 0. The lowest BCUT2D eigenvalue weighted by atomic mass is 9.89. The van der Waals surface area contributed by atoms with Crippen molar-refractivity contribution in [1.29, 1.82) is 0 Å². The van der Waals surface area contributed by atoms with Crippen LogP contribution in [0.2, 0.25) is 0 Å². The number of hydrogen-bond acceptors (Lipinski definition) is 3. The standard InChI is InChI=1S/C17H25BrFN3.ClH/c1-17(4-5-20-12-17)13-22-8-6-21(7-9-22)11-14-2-3-15(18)16(19)10-14;/h2-3,10,20H,4-9,11-13H2,1H3;1H. The first-order valence-corrected chi connectivity index (χ1v) is 8.93. The zero-order valence-electron chi connectivity index (χ0n) is 13.7. The highest BCUT2D eigenvalue weighted by Gasteiger charge is 2.31. The van der Waals surface area contributed by atoms with Crippen molar-refractivity contribution < 1.29 is 4.39 Å². The number of benzene rings is 1. The van der Waals surface area contributed by atoms with Gasteiger partial charge in [-0.05, 0) is 52.0 Å². The molecule has 2 fully saturated rings. The Morgan fingerprint density at radius 1 is 1.22 bits per heavy atom. The second kappa shape index (κ2) is 8.26. The quantitative estimate of drug-likeness (QED) is 0.829. The SMILES string of the molecule is CC1(CN2CCN(Cc3ccc(Br)c(F)c3)CC2)CCNC1.Cl. The van der Waals surface area contributed by atoms with Crippen LogP contribution in [0.25, 0.3) is 0 Å². The molecular weight excluding hydrogens is 381 g/mol. The summed E-state index contributed by atoms with van der Waals surface area (Å²) in [4.78, 5) is 5.01. The minimum Gasteiger partial charge on any atom is -0.316 e. The van der Waals surface area contributed by atoms with E-state index in [0.717, 1.165) is 51.4 Å². The molecule has 0 aromatic heterocycles. The fraction of sp³-hybridized carbons (Fsp3) is 0.647. The summed E-state index contributed by atoms with van der Waals surface area (Å²) in [6.45, 7) is 11.1. The van der Waals surface area contributed by atoms with E-state index >= 15 is 0 Å². The van der Waals surface area contributed by atoms with E-state index in [1.807, 2.05) is 6.07 Å². The molecule has 0 radical (unpaired) electrons. The first-order valence-electron chi connectivity index (χ1n) is 8.13. The molecule has 2 aliphatic rings. The zero-order valence-corrected chi connectivity index (χ0v) is 16.1. The van der Waals surface area contributed by atoms with Gasteiger partial charge in [0.25, 0.3) is 0 Å². The lowest BCUT2D eigenvalue weighted by molar-refractivity contribution is 0.0932. The van der Waals surface area contributed by atoms with Crippen molar-refractivity contribution in [2.45, 2.75) is 19.9 Å². The summed E-state index contributed by atoms with van der Waals surface area (Å²) >= 11 is 3.21. The highest BCUT2D eigenvalue weighted by Crippen LogP contribution is 2.26. The van der Waals surface area contributed by atoms with Crippen LogP contribution in [0.3, 0.4) is 0 Å². The van der Waals surface area contributed by atoms with Crippen molar-refractivity contribution in [3.63, 3.8) is 0 Å². The molecule has 3 rings (SSSR count). The third-order valence-electron chi connectivity index (χ3n) is 4.92. The summed E-state index contributed by atoms with van der Waals surface area (Å²) in [5.74, 6) is -0.169. The summed E-state index contributed by atoms with van der Waals surface area (Å²) in [5, 5.41) is 3.48. The minimum absolute atomic E-state index is 0. The van der Waals surface area contributed by atoms with Crippen molar-refractivity contribution >= 4 is 28.3 Å². The smallest absolute Gasteiger partial charge is 0.137 e. The van der Waals surface area contributed by atoms with Gasteiger partial charge in [-0.1, -0.05) is 13.0 Å². The molecule has 3 nitrogen and oxygen atoms in total. The monoisotopic (exact) mass is 405 g/mol. The van der Waals surface area contributed by atoms with E-state index in [1.54, 1.807) is 12.1 Å². The second-order valence-electron chi connectivity index (χ2n) is 7.04. The van der Waals surface area contributed by atoms with Gasteiger partial charge < -0.3 is 10.2 Å². The number of nitrogens with zero attached hydrogens (tertiary/aromatic N) is 2. The van der Waals surface area contributed by atoms with Crippen molar-refractivity contribution in [1.82, 2.24) is 15.1 Å². The summed E-state index contributed by atoms with van der Waals surface area (Å²) in [5.41, 5.74) is 1.50. The highest BCUT2D eigenvalue weighted by molar-refractivity contribution is 9.10. The average molecular weight is 407 g/mol. The molecular formula is C17H26BrClFN3. The zero-order chi connectivity index (χ0) is 15.6. The Kier molecular flexibility index (Phi) is 6.87. The van der Waals surface area contributed by atoms with Crippen molar-refractivity contribution in [2.24, 2.45) is 5.41 Å². The van der Waals surface area contributed by atoms with Gasteiger partial charge in [0.1, 0.15) is 5.82 Å². The van der Waals surface area contributed by atoms with E-state index in [1.165, 1.54) is 13.0 Å². The molecule has 2 aliphatic heterocycles. The fourth-order valence-electron chi connectivity index (χ4n) is 3.55. The van der Waals surface area contributed by atoms with E-state index in [4.69, 9.17) is 0 Å². The summed E-state index contributed by atoms with van der Waals surface area (Å²) < 4.78 is 14.1. The maximum atomic E-state index is 13.6. The molecule has 0 saturated carbocycles. The maximum absolute atomic E-state index is 13.6. The minimum atomic E-state index is -0.169. The van der Waals surface area contributed by atoms with Crippen molar-refractivity contribution in [3.05, 3.63) is 34.1 Å². The molecule has 0 aliphatic carbocycles. The van der Waals surface area contributed by atoms with Gasteiger partial charge in [-0.25, -0.2) is 4.39 Å². The summed E-state index contributed by atoms with van der Waals surface area (Å²) in [6, 6.07) is 5.45. The van der Waals surface area contributed by atoms with Gasteiger partial charge in [-0.2, -0.15) is 0 Å². The number of rotatable bonds is 4. The largest absolute Gasteiger partial charge is 0.316 e. The Labute approximate surface area is 153 Å². The van der Waals surface area contributed by atoms with Crippen LogP contribution in [0.5, 0.6) is 0 Å². The Bertz CT molecular complexity index is 515. The highest BCUT2D eigenvalue weighted by atomic mass is 79.9. The lowest BCUT2D eigenvalue weighted by Gasteiger charge is -2.38. The van der Waals surface area contributed by atoms with Gasteiger partial charge in [0.2, 0.25) is 0 Å². The molecule has 1 N–H and O–H groups in total. The van der Waals surface area contributed by atoms with Gasteiger partial charge in [0, 0.05) is 45.8 Å².